The van der Waals surface area contributed by atoms with Gasteiger partial charge in [0.25, 0.3) is 0 Å². The lowest BCUT2D eigenvalue weighted by atomic mass is 9.87. The highest BCUT2D eigenvalue weighted by atomic mass is 16.5. The molecular formula is C8H15NO2. The van der Waals surface area contributed by atoms with E-state index in [1.807, 2.05) is 13.8 Å². The van der Waals surface area contributed by atoms with Crippen LogP contribution in [0.15, 0.2) is 0 Å². The normalized spacial score (nSPS) is 21.4. The molecule has 0 atom stereocenters. The van der Waals surface area contributed by atoms with Crippen LogP contribution in [0.1, 0.15) is 26.7 Å². The first-order valence-electron chi connectivity index (χ1n) is 3.81. The van der Waals surface area contributed by atoms with Gasteiger partial charge in [-0.3, -0.25) is 4.79 Å². The summed E-state index contributed by atoms with van der Waals surface area (Å²) in [5.41, 5.74) is 4.48. The zero-order chi connectivity index (χ0) is 8.70. The summed E-state index contributed by atoms with van der Waals surface area (Å²) in [4.78, 5) is 11.0. The Labute approximate surface area is 66.9 Å². The van der Waals surface area contributed by atoms with Crippen LogP contribution in [-0.2, 0) is 9.53 Å². The predicted molar refractivity (Wildman–Crippen MR) is 41.9 cm³/mol. The van der Waals surface area contributed by atoms with E-state index in [-0.39, 0.29) is 11.3 Å². The average Bonchev–Trinajstić information content (AvgIpc) is 2.66. The van der Waals surface area contributed by atoms with Gasteiger partial charge in [0.1, 0.15) is 0 Å². The minimum atomic E-state index is -0.404. The lowest BCUT2D eigenvalue weighted by Gasteiger charge is -2.30. The van der Waals surface area contributed by atoms with Crippen LogP contribution in [0.2, 0.25) is 0 Å². The van der Waals surface area contributed by atoms with Crippen molar-refractivity contribution in [1.82, 2.24) is 0 Å². The Morgan fingerprint density at radius 3 is 2.09 bits per heavy atom. The number of hydrogen-bond donors (Lipinski definition) is 1. The number of ether oxygens (including phenoxy) is 1. The molecule has 0 bridgehead atoms. The average molecular weight is 157 g/mol. The largest absolute Gasteiger partial charge is 0.378 e. The molecule has 0 spiro atoms. The van der Waals surface area contributed by atoms with Crippen LogP contribution in [-0.4, -0.2) is 18.6 Å². The van der Waals surface area contributed by atoms with Gasteiger partial charge in [0.05, 0.1) is 11.0 Å². The molecular weight excluding hydrogens is 142 g/mol. The second kappa shape index (κ2) is 2.21. The van der Waals surface area contributed by atoms with Crippen LogP contribution >= 0.6 is 0 Å². The van der Waals surface area contributed by atoms with Gasteiger partial charge in [0.15, 0.2) is 0 Å². The SMILES string of the molecule is COC(C)(C)C1(C(N)=O)CC1. The third-order valence-corrected chi connectivity index (χ3v) is 2.88. The lowest BCUT2D eigenvalue weighted by molar-refractivity contribution is -0.134. The van der Waals surface area contributed by atoms with Crippen LogP contribution in [0.3, 0.4) is 0 Å². The number of carbonyl (C=O) groups is 1. The summed E-state index contributed by atoms with van der Waals surface area (Å²) in [5.74, 6) is -0.232. The van der Waals surface area contributed by atoms with Crippen LogP contribution in [0, 0.1) is 5.41 Å². The third kappa shape index (κ3) is 1.03. The molecule has 0 aliphatic heterocycles. The van der Waals surface area contributed by atoms with Crippen molar-refractivity contribution in [1.29, 1.82) is 0 Å². The standard InChI is InChI=1S/C8H15NO2/c1-7(2,11-3)8(4-5-8)6(9)10/h4-5H2,1-3H3,(H2,9,10). The van der Waals surface area contributed by atoms with Gasteiger partial charge in [-0.15, -0.1) is 0 Å². The van der Waals surface area contributed by atoms with Crippen molar-refractivity contribution in [2.24, 2.45) is 11.1 Å². The molecule has 2 N–H and O–H groups in total. The van der Waals surface area contributed by atoms with Crippen LogP contribution in [0.5, 0.6) is 0 Å². The Morgan fingerprint density at radius 2 is 2.00 bits per heavy atom. The maximum atomic E-state index is 11.0. The number of rotatable bonds is 3. The predicted octanol–water partition coefficient (Wildman–Crippen LogP) is 0.677. The highest BCUT2D eigenvalue weighted by Gasteiger charge is 2.59. The first-order chi connectivity index (χ1) is 4.96. The van der Waals surface area contributed by atoms with E-state index >= 15 is 0 Å². The molecule has 1 aliphatic rings. The van der Waals surface area contributed by atoms with E-state index in [1.165, 1.54) is 0 Å². The number of nitrogens with two attached hydrogens (primary N) is 1. The minimum Gasteiger partial charge on any atom is -0.378 e. The van der Waals surface area contributed by atoms with Gasteiger partial charge in [-0.2, -0.15) is 0 Å². The molecule has 1 fully saturated rings. The fraction of sp³-hybridized carbons (Fsp3) is 0.875. The van der Waals surface area contributed by atoms with E-state index in [0.717, 1.165) is 12.8 Å². The van der Waals surface area contributed by atoms with Gasteiger partial charge in [-0.1, -0.05) is 0 Å². The Morgan fingerprint density at radius 1 is 1.55 bits per heavy atom. The van der Waals surface area contributed by atoms with Crippen molar-refractivity contribution in [3.8, 4) is 0 Å². The topological polar surface area (TPSA) is 52.3 Å². The Kier molecular flexibility index (Phi) is 1.71. The molecule has 1 aliphatic carbocycles. The van der Waals surface area contributed by atoms with E-state index in [0.29, 0.717) is 0 Å². The molecule has 0 saturated heterocycles. The summed E-state index contributed by atoms with van der Waals surface area (Å²) in [6.07, 6.45) is 1.73. The van der Waals surface area contributed by atoms with Crippen molar-refractivity contribution in [3.63, 3.8) is 0 Å². The molecule has 1 saturated carbocycles. The molecule has 0 heterocycles. The van der Waals surface area contributed by atoms with Gasteiger partial charge in [0, 0.05) is 7.11 Å². The molecule has 64 valence electrons. The van der Waals surface area contributed by atoms with Crippen molar-refractivity contribution in [3.05, 3.63) is 0 Å². The molecule has 0 aromatic heterocycles. The van der Waals surface area contributed by atoms with Gasteiger partial charge < -0.3 is 10.5 Å². The number of hydrogen-bond acceptors (Lipinski definition) is 2. The summed E-state index contributed by atoms with van der Waals surface area (Å²) in [5, 5.41) is 0. The van der Waals surface area contributed by atoms with E-state index in [1.54, 1.807) is 7.11 Å². The smallest absolute Gasteiger partial charge is 0.226 e. The zero-order valence-electron chi connectivity index (χ0n) is 7.31. The Balaban J connectivity index is 2.80. The molecule has 1 rings (SSSR count). The summed E-state index contributed by atoms with van der Waals surface area (Å²) in [7, 11) is 1.61. The molecule has 0 unspecified atom stereocenters. The Hall–Kier alpha value is -0.570. The highest BCUT2D eigenvalue weighted by Crippen LogP contribution is 2.54. The van der Waals surface area contributed by atoms with Crippen LogP contribution < -0.4 is 5.73 Å². The molecule has 3 nitrogen and oxygen atoms in total. The number of primary amides is 1. The van der Waals surface area contributed by atoms with Crippen LogP contribution in [0.4, 0.5) is 0 Å². The minimum absolute atomic E-state index is 0.232. The number of carbonyl (C=O) groups excluding carboxylic acids is 1. The first-order valence-corrected chi connectivity index (χ1v) is 3.81. The second-order valence-electron chi connectivity index (χ2n) is 3.66. The maximum Gasteiger partial charge on any atom is 0.226 e. The van der Waals surface area contributed by atoms with Crippen molar-refractivity contribution < 1.29 is 9.53 Å². The number of methoxy groups -OCH3 is 1. The van der Waals surface area contributed by atoms with Gasteiger partial charge >= 0.3 is 0 Å². The Bertz CT molecular complexity index is 183. The van der Waals surface area contributed by atoms with E-state index in [2.05, 4.69) is 0 Å². The summed E-state index contributed by atoms with van der Waals surface area (Å²) >= 11 is 0. The molecule has 1 amide bonds. The molecule has 0 aromatic carbocycles. The van der Waals surface area contributed by atoms with E-state index in [9.17, 15) is 4.79 Å². The second-order valence-corrected chi connectivity index (χ2v) is 3.66. The maximum absolute atomic E-state index is 11.0. The van der Waals surface area contributed by atoms with Crippen LogP contribution in [0.25, 0.3) is 0 Å². The molecule has 3 heteroatoms. The molecule has 0 radical (unpaired) electrons. The van der Waals surface area contributed by atoms with Crippen molar-refractivity contribution >= 4 is 5.91 Å². The van der Waals surface area contributed by atoms with E-state index in [4.69, 9.17) is 10.5 Å². The van der Waals surface area contributed by atoms with E-state index < -0.39 is 5.60 Å². The zero-order valence-corrected chi connectivity index (χ0v) is 7.31. The first kappa shape index (κ1) is 8.53. The third-order valence-electron chi connectivity index (χ3n) is 2.88. The lowest BCUT2D eigenvalue weighted by Crippen LogP contribution is -2.44. The summed E-state index contributed by atoms with van der Waals surface area (Å²) in [6.45, 7) is 3.82. The summed E-state index contributed by atoms with van der Waals surface area (Å²) in [6, 6.07) is 0. The van der Waals surface area contributed by atoms with Gasteiger partial charge in [-0.25, -0.2) is 0 Å². The van der Waals surface area contributed by atoms with Crippen molar-refractivity contribution in [2.45, 2.75) is 32.3 Å². The monoisotopic (exact) mass is 157 g/mol. The fourth-order valence-corrected chi connectivity index (χ4v) is 1.47. The molecule has 0 aromatic rings. The summed E-state index contributed by atoms with van der Waals surface area (Å²) < 4.78 is 5.23. The number of amides is 1. The van der Waals surface area contributed by atoms with Gasteiger partial charge in [-0.05, 0) is 26.7 Å². The van der Waals surface area contributed by atoms with Crippen molar-refractivity contribution in [2.75, 3.05) is 7.11 Å². The van der Waals surface area contributed by atoms with Gasteiger partial charge in [0.2, 0.25) is 5.91 Å². The fourth-order valence-electron chi connectivity index (χ4n) is 1.47. The highest BCUT2D eigenvalue weighted by molar-refractivity contribution is 5.85. The molecule has 11 heavy (non-hydrogen) atoms. The quantitative estimate of drug-likeness (QED) is 0.654.